The number of aldehydes is 1. The quantitative estimate of drug-likeness (QED) is 0.746. The van der Waals surface area contributed by atoms with Gasteiger partial charge in [-0.1, -0.05) is 0 Å². The van der Waals surface area contributed by atoms with Gasteiger partial charge in [-0.25, -0.2) is 0 Å². The molecule has 1 unspecified atom stereocenters. The minimum Gasteiger partial charge on any atom is -0.454 e. The van der Waals surface area contributed by atoms with Crippen molar-refractivity contribution in [3.63, 3.8) is 0 Å². The Morgan fingerprint density at radius 2 is 2.33 bits per heavy atom. The fraction of sp³-hybridized carbons (Fsp3) is 0.444. The van der Waals surface area contributed by atoms with Gasteiger partial charge in [0.25, 0.3) is 0 Å². The van der Waals surface area contributed by atoms with E-state index in [9.17, 15) is 4.79 Å². The van der Waals surface area contributed by atoms with Crippen LogP contribution in [0, 0.1) is 5.92 Å². The average Bonchev–Trinajstić information content (AvgIpc) is 2.78. The van der Waals surface area contributed by atoms with Gasteiger partial charge in [-0.15, -0.1) is 0 Å². The summed E-state index contributed by atoms with van der Waals surface area (Å²) >= 11 is 3.22. The second-order valence-corrected chi connectivity index (χ2v) is 3.92. The van der Waals surface area contributed by atoms with Crippen molar-refractivity contribution < 1.29 is 9.21 Å². The van der Waals surface area contributed by atoms with Gasteiger partial charge in [0.05, 0.1) is 5.92 Å². The van der Waals surface area contributed by atoms with Crippen LogP contribution in [0.3, 0.4) is 0 Å². The summed E-state index contributed by atoms with van der Waals surface area (Å²) in [7, 11) is 0. The van der Waals surface area contributed by atoms with Gasteiger partial charge in [-0.05, 0) is 46.8 Å². The Morgan fingerprint density at radius 3 is 2.75 bits per heavy atom. The maximum absolute atomic E-state index is 10.7. The molecule has 64 valence electrons. The van der Waals surface area contributed by atoms with Crippen LogP contribution in [0.15, 0.2) is 21.2 Å². The van der Waals surface area contributed by atoms with E-state index in [-0.39, 0.29) is 5.92 Å². The highest BCUT2D eigenvalue weighted by Gasteiger charge is 2.33. The third kappa shape index (κ3) is 1.46. The minimum absolute atomic E-state index is 0.0173. The maximum atomic E-state index is 10.7. The Kier molecular flexibility index (Phi) is 2.05. The van der Waals surface area contributed by atoms with Crippen LogP contribution in [-0.4, -0.2) is 6.29 Å². The molecule has 1 aromatic rings. The van der Waals surface area contributed by atoms with E-state index in [1.807, 2.05) is 12.1 Å². The Hall–Kier alpha value is -0.570. The van der Waals surface area contributed by atoms with Gasteiger partial charge in [0.2, 0.25) is 0 Å². The first kappa shape index (κ1) is 8.05. The van der Waals surface area contributed by atoms with E-state index in [2.05, 4.69) is 15.9 Å². The topological polar surface area (TPSA) is 30.2 Å². The standard InChI is InChI=1S/C9H9BrO2/c10-9-4-3-8(12-9)7(5-11)6-1-2-6/h3-7H,1-2H2. The first-order valence-corrected chi connectivity index (χ1v) is 4.81. The fourth-order valence-corrected chi connectivity index (χ4v) is 1.69. The Labute approximate surface area is 79.1 Å². The summed E-state index contributed by atoms with van der Waals surface area (Å²) in [6.07, 6.45) is 3.30. The molecule has 1 fully saturated rings. The Morgan fingerprint density at radius 1 is 1.58 bits per heavy atom. The Balaban J connectivity index is 2.20. The number of furan rings is 1. The molecule has 2 nitrogen and oxygen atoms in total. The highest BCUT2D eigenvalue weighted by atomic mass is 79.9. The van der Waals surface area contributed by atoms with Gasteiger partial charge >= 0.3 is 0 Å². The normalized spacial score (nSPS) is 19.1. The van der Waals surface area contributed by atoms with Crippen molar-refractivity contribution in [2.24, 2.45) is 5.92 Å². The first-order chi connectivity index (χ1) is 5.81. The number of hydrogen-bond donors (Lipinski definition) is 0. The number of hydrogen-bond acceptors (Lipinski definition) is 2. The Bertz CT molecular complexity index is 288. The smallest absolute Gasteiger partial charge is 0.169 e. The summed E-state index contributed by atoms with van der Waals surface area (Å²) in [4.78, 5) is 10.7. The van der Waals surface area contributed by atoms with Crippen molar-refractivity contribution in [2.45, 2.75) is 18.8 Å². The number of carbonyl (C=O) groups excluding carboxylic acids is 1. The van der Waals surface area contributed by atoms with Gasteiger partial charge in [0.1, 0.15) is 12.0 Å². The van der Waals surface area contributed by atoms with Gasteiger partial charge in [-0.3, -0.25) is 0 Å². The molecular formula is C9H9BrO2. The zero-order valence-electron chi connectivity index (χ0n) is 6.50. The van der Waals surface area contributed by atoms with Gasteiger partial charge in [0.15, 0.2) is 4.67 Å². The summed E-state index contributed by atoms with van der Waals surface area (Å²) in [5, 5.41) is 0. The van der Waals surface area contributed by atoms with Gasteiger partial charge in [0, 0.05) is 0 Å². The van der Waals surface area contributed by atoms with Gasteiger partial charge in [-0.2, -0.15) is 0 Å². The molecule has 12 heavy (non-hydrogen) atoms. The summed E-state index contributed by atoms with van der Waals surface area (Å²) in [5.41, 5.74) is 0. The van der Waals surface area contributed by atoms with Crippen LogP contribution >= 0.6 is 15.9 Å². The van der Waals surface area contributed by atoms with E-state index < -0.39 is 0 Å². The third-order valence-electron chi connectivity index (χ3n) is 2.20. The molecule has 3 heteroatoms. The predicted molar refractivity (Wildman–Crippen MR) is 47.9 cm³/mol. The van der Waals surface area contributed by atoms with Crippen LogP contribution in [0.25, 0.3) is 0 Å². The highest BCUT2D eigenvalue weighted by molar-refractivity contribution is 9.10. The van der Waals surface area contributed by atoms with Crippen LogP contribution in [0.5, 0.6) is 0 Å². The molecule has 1 aliphatic carbocycles. The first-order valence-electron chi connectivity index (χ1n) is 4.02. The molecule has 0 amide bonds. The summed E-state index contributed by atoms with van der Waals surface area (Å²) in [6, 6.07) is 3.69. The van der Waals surface area contributed by atoms with Crippen molar-refractivity contribution in [2.75, 3.05) is 0 Å². The van der Waals surface area contributed by atoms with Crippen LogP contribution < -0.4 is 0 Å². The summed E-state index contributed by atoms with van der Waals surface area (Å²) < 4.78 is 6.02. The highest BCUT2D eigenvalue weighted by Crippen LogP contribution is 2.42. The molecule has 2 rings (SSSR count). The lowest BCUT2D eigenvalue weighted by Gasteiger charge is -2.02. The van der Waals surface area contributed by atoms with E-state index in [1.54, 1.807) is 0 Å². The molecule has 1 aliphatic rings. The van der Waals surface area contributed by atoms with Crippen LogP contribution in [0.4, 0.5) is 0 Å². The molecular weight excluding hydrogens is 220 g/mol. The lowest BCUT2D eigenvalue weighted by atomic mass is 10.0. The number of halogens is 1. The number of rotatable bonds is 3. The molecule has 0 spiro atoms. The second kappa shape index (κ2) is 3.05. The third-order valence-corrected chi connectivity index (χ3v) is 2.63. The minimum atomic E-state index is -0.0173. The van der Waals surface area contributed by atoms with Crippen LogP contribution in [0.1, 0.15) is 24.5 Å². The van der Waals surface area contributed by atoms with E-state index in [0.29, 0.717) is 10.6 Å². The van der Waals surface area contributed by atoms with Crippen LogP contribution in [0.2, 0.25) is 0 Å². The molecule has 0 radical (unpaired) electrons. The monoisotopic (exact) mass is 228 g/mol. The van der Waals surface area contributed by atoms with Crippen LogP contribution in [-0.2, 0) is 4.79 Å². The van der Waals surface area contributed by atoms with E-state index in [4.69, 9.17) is 4.42 Å². The second-order valence-electron chi connectivity index (χ2n) is 3.14. The molecule has 0 bridgehead atoms. The number of carbonyl (C=O) groups is 1. The molecule has 1 heterocycles. The summed E-state index contributed by atoms with van der Waals surface area (Å²) in [6.45, 7) is 0. The van der Waals surface area contributed by atoms with Crippen molar-refractivity contribution in [3.05, 3.63) is 22.6 Å². The van der Waals surface area contributed by atoms with E-state index >= 15 is 0 Å². The maximum Gasteiger partial charge on any atom is 0.169 e. The van der Waals surface area contributed by atoms with E-state index in [1.165, 1.54) is 0 Å². The van der Waals surface area contributed by atoms with E-state index in [0.717, 1.165) is 24.9 Å². The van der Waals surface area contributed by atoms with Crippen molar-refractivity contribution in [1.29, 1.82) is 0 Å². The molecule has 1 aromatic heterocycles. The molecule has 0 aromatic carbocycles. The molecule has 0 saturated heterocycles. The van der Waals surface area contributed by atoms with Crippen molar-refractivity contribution in [3.8, 4) is 0 Å². The SMILES string of the molecule is O=CC(c1ccc(Br)o1)C1CC1. The molecule has 1 saturated carbocycles. The van der Waals surface area contributed by atoms with Crippen molar-refractivity contribution in [1.82, 2.24) is 0 Å². The average molecular weight is 229 g/mol. The fourth-order valence-electron chi connectivity index (χ4n) is 1.37. The summed E-state index contributed by atoms with van der Waals surface area (Å²) in [5.74, 6) is 1.30. The predicted octanol–water partition coefficient (Wildman–Crippen LogP) is 2.73. The molecule has 0 N–H and O–H groups in total. The largest absolute Gasteiger partial charge is 0.454 e. The van der Waals surface area contributed by atoms with Gasteiger partial charge < -0.3 is 9.21 Å². The lowest BCUT2D eigenvalue weighted by molar-refractivity contribution is -0.109. The zero-order valence-corrected chi connectivity index (χ0v) is 8.08. The lowest BCUT2D eigenvalue weighted by Crippen LogP contribution is -2.00. The van der Waals surface area contributed by atoms with Crippen molar-refractivity contribution >= 4 is 22.2 Å². The zero-order chi connectivity index (χ0) is 8.55. The molecule has 0 aliphatic heterocycles. The molecule has 1 atom stereocenters.